The Labute approximate surface area is 100.0 Å². The fraction of sp³-hybridized carbons (Fsp3) is 0.778. The standard InChI is InChI=1S/C9H16N2O5S/c1-9(2,8(13)16-3)11-5-6(4-7(11)12)17(10,14)15/h6H,4-5H2,1-3H3,(H2,10,14,15). The summed E-state index contributed by atoms with van der Waals surface area (Å²) in [6.45, 7) is 2.92. The summed E-state index contributed by atoms with van der Waals surface area (Å²) in [5.74, 6) is -1.01. The SMILES string of the molecule is COC(=O)C(C)(C)N1CC(S(N)(=O)=O)CC1=O. The van der Waals surface area contributed by atoms with Crippen molar-refractivity contribution in [3.63, 3.8) is 0 Å². The lowest BCUT2D eigenvalue weighted by Gasteiger charge is -2.32. The van der Waals surface area contributed by atoms with E-state index < -0.39 is 32.7 Å². The van der Waals surface area contributed by atoms with Crippen LogP contribution in [-0.2, 0) is 24.3 Å². The Hall–Kier alpha value is -1.15. The number of carbonyl (C=O) groups excluding carboxylic acids is 2. The molecule has 1 aliphatic heterocycles. The lowest BCUT2D eigenvalue weighted by atomic mass is 10.0. The van der Waals surface area contributed by atoms with E-state index >= 15 is 0 Å². The number of nitrogens with zero attached hydrogens (tertiary/aromatic N) is 1. The highest BCUT2D eigenvalue weighted by Gasteiger charge is 2.46. The Kier molecular flexibility index (Phi) is 3.49. The molecule has 7 nitrogen and oxygen atoms in total. The van der Waals surface area contributed by atoms with E-state index in [1.165, 1.54) is 25.9 Å². The zero-order valence-electron chi connectivity index (χ0n) is 9.97. The van der Waals surface area contributed by atoms with Gasteiger partial charge in [-0.1, -0.05) is 0 Å². The molecule has 1 rings (SSSR count). The Bertz CT molecular complexity index is 442. The zero-order chi connectivity index (χ0) is 13.4. The molecule has 98 valence electrons. The van der Waals surface area contributed by atoms with Gasteiger partial charge < -0.3 is 9.64 Å². The van der Waals surface area contributed by atoms with Crippen LogP contribution in [0.2, 0.25) is 0 Å². The summed E-state index contributed by atoms with van der Waals surface area (Å²) in [7, 11) is -2.57. The minimum atomic E-state index is -3.78. The van der Waals surface area contributed by atoms with Crippen molar-refractivity contribution in [3.8, 4) is 0 Å². The first kappa shape index (κ1) is 13.9. The Morgan fingerprint density at radius 2 is 2.06 bits per heavy atom. The second-order valence-corrected chi connectivity index (χ2v) is 6.31. The molecule has 1 aliphatic rings. The smallest absolute Gasteiger partial charge is 0.331 e. The van der Waals surface area contributed by atoms with Crippen LogP contribution < -0.4 is 5.14 Å². The second-order valence-electron chi connectivity index (χ2n) is 4.47. The summed E-state index contributed by atoms with van der Waals surface area (Å²) >= 11 is 0. The highest BCUT2D eigenvalue weighted by Crippen LogP contribution is 2.26. The molecule has 1 fully saturated rings. The van der Waals surface area contributed by atoms with Crippen molar-refractivity contribution < 1.29 is 22.7 Å². The summed E-state index contributed by atoms with van der Waals surface area (Å²) in [5.41, 5.74) is -1.19. The van der Waals surface area contributed by atoms with Crippen molar-refractivity contribution in [3.05, 3.63) is 0 Å². The van der Waals surface area contributed by atoms with Gasteiger partial charge in [-0.15, -0.1) is 0 Å². The van der Waals surface area contributed by atoms with E-state index in [0.717, 1.165) is 0 Å². The molecule has 0 aromatic rings. The van der Waals surface area contributed by atoms with Crippen molar-refractivity contribution in [1.82, 2.24) is 4.90 Å². The van der Waals surface area contributed by atoms with Gasteiger partial charge in [-0.05, 0) is 13.8 Å². The molecule has 0 radical (unpaired) electrons. The van der Waals surface area contributed by atoms with Crippen LogP contribution in [0, 0.1) is 0 Å². The summed E-state index contributed by atoms with van der Waals surface area (Å²) < 4.78 is 26.9. The Morgan fingerprint density at radius 1 is 1.53 bits per heavy atom. The molecule has 1 saturated heterocycles. The van der Waals surface area contributed by atoms with Crippen molar-refractivity contribution in [1.29, 1.82) is 0 Å². The fourth-order valence-electron chi connectivity index (χ4n) is 1.79. The van der Waals surface area contributed by atoms with E-state index in [2.05, 4.69) is 4.74 Å². The van der Waals surface area contributed by atoms with Crippen LogP contribution in [-0.4, -0.2) is 49.6 Å². The van der Waals surface area contributed by atoms with E-state index in [4.69, 9.17) is 5.14 Å². The number of carbonyl (C=O) groups is 2. The van der Waals surface area contributed by atoms with Gasteiger partial charge in [0.15, 0.2) is 0 Å². The number of ether oxygens (including phenoxy) is 1. The van der Waals surface area contributed by atoms with Gasteiger partial charge >= 0.3 is 5.97 Å². The van der Waals surface area contributed by atoms with Gasteiger partial charge in [0.1, 0.15) is 10.8 Å². The summed E-state index contributed by atoms with van der Waals surface area (Å²) in [4.78, 5) is 24.4. The van der Waals surface area contributed by atoms with Crippen LogP contribution in [0.4, 0.5) is 0 Å². The first-order chi connectivity index (χ1) is 7.60. The van der Waals surface area contributed by atoms with Crippen molar-refractivity contribution >= 4 is 21.9 Å². The number of amides is 1. The van der Waals surface area contributed by atoms with E-state index in [-0.39, 0.29) is 13.0 Å². The minimum Gasteiger partial charge on any atom is -0.467 e. The predicted octanol–water partition coefficient (Wildman–Crippen LogP) is -1.17. The highest BCUT2D eigenvalue weighted by atomic mass is 32.2. The lowest BCUT2D eigenvalue weighted by Crippen LogP contribution is -2.52. The highest BCUT2D eigenvalue weighted by molar-refractivity contribution is 7.89. The Balaban J connectivity index is 2.96. The van der Waals surface area contributed by atoms with Crippen molar-refractivity contribution in [2.45, 2.75) is 31.1 Å². The molecule has 0 aliphatic carbocycles. The third-order valence-electron chi connectivity index (χ3n) is 2.91. The van der Waals surface area contributed by atoms with Gasteiger partial charge in [-0.3, -0.25) is 4.79 Å². The molecule has 1 unspecified atom stereocenters. The molecule has 17 heavy (non-hydrogen) atoms. The summed E-state index contributed by atoms with van der Waals surface area (Å²) in [5, 5.41) is 4.03. The van der Waals surface area contributed by atoms with E-state index in [1.54, 1.807) is 0 Å². The van der Waals surface area contributed by atoms with Crippen molar-refractivity contribution in [2.24, 2.45) is 5.14 Å². The molecule has 0 saturated carbocycles. The first-order valence-corrected chi connectivity index (χ1v) is 6.62. The number of methoxy groups -OCH3 is 1. The van der Waals surface area contributed by atoms with Crippen molar-refractivity contribution in [2.75, 3.05) is 13.7 Å². The van der Waals surface area contributed by atoms with Crippen LogP contribution in [0.3, 0.4) is 0 Å². The van der Waals surface area contributed by atoms with Gasteiger partial charge in [-0.2, -0.15) is 0 Å². The fourth-order valence-corrected chi connectivity index (χ4v) is 2.53. The van der Waals surface area contributed by atoms with Crippen LogP contribution >= 0.6 is 0 Å². The van der Waals surface area contributed by atoms with Crippen LogP contribution in [0.25, 0.3) is 0 Å². The number of likely N-dealkylation sites (tertiary alicyclic amines) is 1. The molecular weight excluding hydrogens is 248 g/mol. The second kappa shape index (κ2) is 4.26. The van der Waals surface area contributed by atoms with Crippen LogP contribution in [0.1, 0.15) is 20.3 Å². The van der Waals surface area contributed by atoms with Gasteiger partial charge in [0.25, 0.3) is 0 Å². The molecule has 0 bridgehead atoms. The normalized spacial score (nSPS) is 21.8. The number of hydrogen-bond donors (Lipinski definition) is 1. The van der Waals surface area contributed by atoms with Gasteiger partial charge in [-0.25, -0.2) is 18.4 Å². The first-order valence-electron chi connectivity index (χ1n) is 5.01. The van der Waals surface area contributed by atoms with E-state index in [9.17, 15) is 18.0 Å². The van der Waals surface area contributed by atoms with Gasteiger partial charge in [0, 0.05) is 13.0 Å². The maximum atomic E-state index is 11.7. The van der Waals surface area contributed by atoms with E-state index in [1.807, 2.05) is 0 Å². The minimum absolute atomic E-state index is 0.0836. The molecule has 2 N–H and O–H groups in total. The molecular formula is C9H16N2O5S. The zero-order valence-corrected chi connectivity index (χ0v) is 10.8. The Morgan fingerprint density at radius 3 is 2.41 bits per heavy atom. The van der Waals surface area contributed by atoms with Crippen LogP contribution in [0.5, 0.6) is 0 Å². The maximum absolute atomic E-state index is 11.7. The molecule has 1 atom stereocenters. The monoisotopic (exact) mass is 264 g/mol. The average molecular weight is 264 g/mol. The number of rotatable bonds is 3. The third kappa shape index (κ3) is 2.58. The lowest BCUT2D eigenvalue weighted by molar-refractivity contribution is -0.157. The third-order valence-corrected chi connectivity index (χ3v) is 4.16. The number of primary sulfonamides is 1. The molecule has 1 heterocycles. The van der Waals surface area contributed by atoms with E-state index in [0.29, 0.717) is 0 Å². The summed E-state index contributed by atoms with van der Waals surface area (Å²) in [6.07, 6.45) is -0.195. The molecule has 0 aromatic heterocycles. The average Bonchev–Trinajstić information content (AvgIpc) is 2.59. The number of esters is 1. The maximum Gasteiger partial charge on any atom is 0.331 e. The molecule has 0 spiro atoms. The summed E-state index contributed by atoms with van der Waals surface area (Å²) in [6, 6.07) is 0. The molecule has 1 amide bonds. The molecule has 0 aromatic carbocycles. The topological polar surface area (TPSA) is 107 Å². The largest absolute Gasteiger partial charge is 0.467 e. The molecule has 8 heteroatoms. The number of sulfonamides is 1. The quantitative estimate of drug-likeness (QED) is 0.646. The van der Waals surface area contributed by atoms with Crippen LogP contribution in [0.15, 0.2) is 0 Å². The van der Waals surface area contributed by atoms with Gasteiger partial charge in [0.2, 0.25) is 15.9 Å². The van der Waals surface area contributed by atoms with Gasteiger partial charge in [0.05, 0.1) is 7.11 Å². The number of nitrogens with two attached hydrogens (primary N) is 1. The predicted molar refractivity (Wildman–Crippen MR) is 59.3 cm³/mol. The number of hydrogen-bond acceptors (Lipinski definition) is 5.